The third-order valence-electron chi connectivity index (χ3n) is 4.40. The van der Waals surface area contributed by atoms with E-state index in [1.54, 1.807) is 11.3 Å². The van der Waals surface area contributed by atoms with E-state index in [9.17, 15) is 0 Å². The van der Waals surface area contributed by atoms with Crippen LogP contribution < -0.4 is 10.6 Å². The van der Waals surface area contributed by atoms with Crippen molar-refractivity contribution in [1.82, 2.24) is 4.98 Å². The van der Waals surface area contributed by atoms with E-state index in [0.29, 0.717) is 6.54 Å². The SMILES string of the molecule is CCCC1CCCN(c2nc(C(C)(C)C)c(CN)s2)CC1. The average molecular weight is 310 g/mol. The molecule has 0 bridgehead atoms. The minimum atomic E-state index is 0.0834. The highest BCUT2D eigenvalue weighted by Crippen LogP contribution is 2.35. The fraction of sp³-hybridized carbons (Fsp3) is 0.824. The molecule has 120 valence electrons. The standard InChI is InChI=1S/C17H31N3S/c1-5-7-13-8-6-10-20(11-9-13)16-19-15(17(2,3)4)14(12-18)21-16/h13H,5-12,18H2,1-4H3. The van der Waals surface area contributed by atoms with Gasteiger partial charge in [-0.2, -0.15) is 0 Å². The van der Waals surface area contributed by atoms with Crippen LogP contribution in [0, 0.1) is 5.92 Å². The predicted octanol–water partition coefficient (Wildman–Crippen LogP) is 4.31. The molecular weight excluding hydrogens is 278 g/mol. The second-order valence-corrected chi connectivity index (χ2v) is 8.36. The molecule has 0 radical (unpaired) electrons. The van der Waals surface area contributed by atoms with Crippen molar-refractivity contribution in [1.29, 1.82) is 0 Å². The smallest absolute Gasteiger partial charge is 0.185 e. The minimum Gasteiger partial charge on any atom is -0.348 e. The maximum Gasteiger partial charge on any atom is 0.185 e. The van der Waals surface area contributed by atoms with Crippen LogP contribution in [0.2, 0.25) is 0 Å². The number of hydrogen-bond acceptors (Lipinski definition) is 4. The van der Waals surface area contributed by atoms with Crippen molar-refractivity contribution in [3.05, 3.63) is 10.6 Å². The molecule has 3 nitrogen and oxygen atoms in total. The lowest BCUT2D eigenvalue weighted by Gasteiger charge is -2.20. The van der Waals surface area contributed by atoms with Crippen LogP contribution in [0.25, 0.3) is 0 Å². The van der Waals surface area contributed by atoms with Crippen molar-refractivity contribution in [3.8, 4) is 0 Å². The summed E-state index contributed by atoms with van der Waals surface area (Å²) in [5.74, 6) is 0.913. The normalized spacial score (nSPS) is 20.6. The third kappa shape index (κ3) is 4.19. The topological polar surface area (TPSA) is 42.2 Å². The second-order valence-electron chi connectivity index (χ2n) is 7.29. The zero-order chi connectivity index (χ0) is 15.5. The Kier molecular flexibility index (Phi) is 5.67. The van der Waals surface area contributed by atoms with Crippen molar-refractivity contribution in [3.63, 3.8) is 0 Å². The number of aromatic nitrogens is 1. The van der Waals surface area contributed by atoms with E-state index in [1.165, 1.54) is 47.8 Å². The molecule has 0 saturated carbocycles. The molecule has 0 spiro atoms. The lowest BCUT2D eigenvalue weighted by molar-refractivity contribution is 0.435. The van der Waals surface area contributed by atoms with Crippen LogP contribution in [0.4, 0.5) is 5.13 Å². The molecule has 4 heteroatoms. The lowest BCUT2D eigenvalue weighted by atomic mass is 9.91. The van der Waals surface area contributed by atoms with Gasteiger partial charge in [-0.3, -0.25) is 0 Å². The van der Waals surface area contributed by atoms with E-state index < -0.39 is 0 Å². The maximum atomic E-state index is 5.93. The fourth-order valence-electron chi connectivity index (χ4n) is 3.25. The summed E-state index contributed by atoms with van der Waals surface area (Å²) in [6.07, 6.45) is 6.69. The van der Waals surface area contributed by atoms with E-state index in [4.69, 9.17) is 10.7 Å². The summed E-state index contributed by atoms with van der Waals surface area (Å²) in [5, 5.41) is 1.19. The van der Waals surface area contributed by atoms with Gasteiger partial charge in [0.25, 0.3) is 0 Å². The molecule has 1 saturated heterocycles. The Balaban J connectivity index is 2.13. The van der Waals surface area contributed by atoms with Gasteiger partial charge in [0.15, 0.2) is 5.13 Å². The van der Waals surface area contributed by atoms with Gasteiger partial charge in [-0.25, -0.2) is 4.98 Å². The number of hydrogen-bond donors (Lipinski definition) is 1. The van der Waals surface area contributed by atoms with E-state index >= 15 is 0 Å². The summed E-state index contributed by atoms with van der Waals surface area (Å²) in [4.78, 5) is 8.70. The molecule has 0 aromatic carbocycles. The van der Waals surface area contributed by atoms with Crippen molar-refractivity contribution in [2.75, 3.05) is 18.0 Å². The van der Waals surface area contributed by atoms with Crippen molar-refractivity contribution in [2.24, 2.45) is 11.7 Å². The van der Waals surface area contributed by atoms with Gasteiger partial charge >= 0.3 is 0 Å². The predicted molar refractivity (Wildman–Crippen MR) is 93.2 cm³/mol. The van der Waals surface area contributed by atoms with Gasteiger partial charge in [-0.05, 0) is 25.2 Å². The molecule has 2 heterocycles. The van der Waals surface area contributed by atoms with E-state index in [1.807, 2.05) is 0 Å². The molecule has 0 amide bonds. The van der Waals surface area contributed by atoms with Crippen molar-refractivity contribution in [2.45, 2.75) is 71.8 Å². The lowest BCUT2D eigenvalue weighted by Crippen LogP contribution is -2.24. The van der Waals surface area contributed by atoms with Gasteiger partial charge < -0.3 is 10.6 Å². The highest BCUT2D eigenvalue weighted by Gasteiger charge is 2.25. The Morgan fingerprint density at radius 2 is 2.05 bits per heavy atom. The molecule has 1 atom stereocenters. The quantitative estimate of drug-likeness (QED) is 0.901. The van der Waals surface area contributed by atoms with E-state index in [2.05, 4.69) is 32.6 Å². The Labute approximate surface area is 133 Å². The Morgan fingerprint density at radius 3 is 2.62 bits per heavy atom. The molecule has 1 aliphatic rings. The molecule has 1 unspecified atom stereocenters. The molecule has 0 aliphatic carbocycles. The first-order valence-corrected chi connectivity index (χ1v) is 9.22. The van der Waals surface area contributed by atoms with Crippen LogP contribution in [0.15, 0.2) is 0 Å². The molecular formula is C17H31N3S. The van der Waals surface area contributed by atoms with Crippen LogP contribution in [-0.2, 0) is 12.0 Å². The van der Waals surface area contributed by atoms with Gasteiger partial charge in [-0.15, -0.1) is 11.3 Å². The van der Waals surface area contributed by atoms with Crippen LogP contribution in [0.5, 0.6) is 0 Å². The number of thiazole rings is 1. The molecule has 2 N–H and O–H groups in total. The van der Waals surface area contributed by atoms with Crippen LogP contribution in [-0.4, -0.2) is 18.1 Å². The molecule has 21 heavy (non-hydrogen) atoms. The number of nitrogens with zero attached hydrogens (tertiary/aromatic N) is 2. The minimum absolute atomic E-state index is 0.0834. The molecule has 1 fully saturated rings. The van der Waals surface area contributed by atoms with Gasteiger partial charge in [-0.1, -0.05) is 40.5 Å². The number of nitrogens with two attached hydrogens (primary N) is 1. The highest BCUT2D eigenvalue weighted by molar-refractivity contribution is 7.15. The molecule has 1 aliphatic heterocycles. The summed E-state index contributed by atoms with van der Waals surface area (Å²) >= 11 is 1.81. The summed E-state index contributed by atoms with van der Waals surface area (Å²) in [7, 11) is 0. The first-order valence-electron chi connectivity index (χ1n) is 8.41. The Morgan fingerprint density at radius 1 is 1.29 bits per heavy atom. The molecule has 1 aromatic heterocycles. The summed E-state index contributed by atoms with van der Waals surface area (Å²) < 4.78 is 0. The summed E-state index contributed by atoms with van der Waals surface area (Å²) in [5.41, 5.74) is 7.21. The van der Waals surface area contributed by atoms with Crippen molar-refractivity contribution >= 4 is 16.5 Å². The van der Waals surface area contributed by atoms with Crippen molar-refractivity contribution < 1.29 is 0 Å². The van der Waals surface area contributed by atoms with Gasteiger partial charge in [0, 0.05) is 29.9 Å². The zero-order valence-electron chi connectivity index (χ0n) is 14.1. The summed E-state index contributed by atoms with van der Waals surface area (Å²) in [6.45, 7) is 11.9. The van der Waals surface area contributed by atoms with E-state index in [-0.39, 0.29) is 5.41 Å². The average Bonchev–Trinajstić information content (AvgIpc) is 2.74. The van der Waals surface area contributed by atoms with Crippen LogP contribution in [0.1, 0.15) is 70.4 Å². The molecule has 1 aromatic rings. The van der Waals surface area contributed by atoms with Gasteiger partial charge in [0.05, 0.1) is 5.69 Å². The van der Waals surface area contributed by atoms with E-state index in [0.717, 1.165) is 19.0 Å². The third-order valence-corrected chi connectivity index (χ3v) is 5.54. The summed E-state index contributed by atoms with van der Waals surface area (Å²) in [6, 6.07) is 0. The molecule has 2 rings (SSSR count). The first kappa shape index (κ1) is 16.8. The zero-order valence-corrected chi connectivity index (χ0v) is 14.9. The monoisotopic (exact) mass is 309 g/mol. The first-order chi connectivity index (χ1) is 9.95. The van der Waals surface area contributed by atoms with Crippen LogP contribution >= 0.6 is 11.3 Å². The Bertz CT molecular complexity index is 447. The number of anilines is 1. The highest BCUT2D eigenvalue weighted by atomic mass is 32.1. The van der Waals surface area contributed by atoms with Gasteiger partial charge in [0.1, 0.15) is 0 Å². The van der Waals surface area contributed by atoms with Gasteiger partial charge in [0.2, 0.25) is 0 Å². The number of rotatable bonds is 4. The maximum absolute atomic E-state index is 5.93. The fourth-order valence-corrected chi connectivity index (χ4v) is 4.45. The van der Waals surface area contributed by atoms with Crippen LogP contribution in [0.3, 0.4) is 0 Å². The second kappa shape index (κ2) is 7.10. The largest absolute Gasteiger partial charge is 0.348 e. The Hall–Kier alpha value is -0.610.